The maximum absolute atomic E-state index is 5.96. The summed E-state index contributed by atoms with van der Waals surface area (Å²) in [5.74, 6) is 3.17. The van der Waals surface area contributed by atoms with Gasteiger partial charge in [0.1, 0.15) is 5.82 Å². The fourth-order valence-electron chi connectivity index (χ4n) is 2.90. The first-order valence-electron chi connectivity index (χ1n) is 7.90. The number of nitrogen functional groups attached to an aromatic ring is 1. The highest BCUT2D eigenvalue weighted by molar-refractivity contribution is 5.55. The summed E-state index contributed by atoms with van der Waals surface area (Å²) >= 11 is 0. The highest BCUT2D eigenvalue weighted by Crippen LogP contribution is 2.32. The number of hydrogen-bond donors (Lipinski definition) is 1. The lowest BCUT2D eigenvalue weighted by Gasteiger charge is -2.19. The molecule has 1 saturated carbocycles. The predicted molar refractivity (Wildman–Crippen MR) is 82.1 cm³/mol. The zero-order valence-corrected chi connectivity index (χ0v) is 12.3. The first-order valence-corrected chi connectivity index (χ1v) is 7.90. The van der Waals surface area contributed by atoms with E-state index in [1.54, 1.807) is 0 Å². The summed E-state index contributed by atoms with van der Waals surface area (Å²) in [4.78, 5) is 6.99. The van der Waals surface area contributed by atoms with E-state index in [-0.39, 0.29) is 0 Å². The average Bonchev–Trinajstić information content (AvgIpc) is 3.16. The Morgan fingerprint density at radius 2 is 2.15 bits per heavy atom. The van der Waals surface area contributed by atoms with Gasteiger partial charge in [0.15, 0.2) is 0 Å². The van der Waals surface area contributed by atoms with Crippen LogP contribution in [-0.2, 0) is 0 Å². The van der Waals surface area contributed by atoms with Gasteiger partial charge in [0.25, 0.3) is 0 Å². The van der Waals surface area contributed by atoms with E-state index >= 15 is 0 Å². The van der Waals surface area contributed by atoms with Gasteiger partial charge in [0, 0.05) is 13.1 Å². The molecule has 2 aliphatic rings. The molecule has 2 heterocycles. The molecule has 1 aliphatic heterocycles. The van der Waals surface area contributed by atoms with Crippen LogP contribution in [0.15, 0.2) is 12.1 Å². The molecule has 0 spiro atoms. The van der Waals surface area contributed by atoms with Crippen molar-refractivity contribution >= 4 is 11.5 Å². The van der Waals surface area contributed by atoms with Crippen molar-refractivity contribution in [1.29, 1.82) is 0 Å². The minimum atomic E-state index is 0.619. The number of aromatic nitrogens is 1. The zero-order chi connectivity index (χ0) is 13.9. The van der Waals surface area contributed by atoms with Crippen molar-refractivity contribution in [3.8, 4) is 5.88 Å². The van der Waals surface area contributed by atoms with Crippen LogP contribution >= 0.6 is 0 Å². The van der Waals surface area contributed by atoms with Crippen LogP contribution in [0.1, 0.15) is 39.0 Å². The molecule has 0 bridgehead atoms. The average molecular weight is 275 g/mol. The van der Waals surface area contributed by atoms with Crippen molar-refractivity contribution < 1.29 is 4.74 Å². The number of pyridine rings is 1. The minimum Gasteiger partial charge on any atom is -0.476 e. The van der Waals surface area contributed by atoms with Gasteiger partial charge in [-0.2, -0.15) is 4.98 Å². The minimum absolute atomic E-state index is 0.619. The Balaban J connectivity index is 1.65. The molecule has 3 rings (SSSR count). The molecule has 4 nitrogen and oxygen atoms in total. The maximum atomic E-state index is 5.96. The van der Waals surface area contributed by atoms with Gasteiger partial charge in [-0.25, -0.2) is 0 Å². The van der Waals surface area contributed by atoms with E-state index in [1.165, 1.54) is 32.1 Å². The fraction of sp³-hybridized carbons (Fsp3) is 0.688. The van der Waals surface area contributed by atoms with Gasteiger partial charge in [-0.05, 0) is 49.7 Å². The van der Waals surface area contributed by atoms with Gasteiger partial charge >= 0.3 is 0 Å². The van der Waals surface area contributed by atoms with Crippen molar-refractivity contribution in [2.45, 2.75) is 39.0 Å². The SMILES string of the molecule is CCCC1CCN(c2ccc(N)c(OCC3CC3)n2)C1. The van der Waals surface area contributed by atoms with Crippen LogP contribution in [0.3, 0.4) is 0 Å². The van der Waals surface area contributed by atoms with E-state index in [0.29, 0.717) is 11.6 Å². The van der Waals surface area contributed by atoms with Gasteiger partial charge < -0.3 is 15.4 Å². The Hall–Kier alpha value is -1.45. The molecule has 1 aliphatic carbocycles. The molecule has 2 fully saturated rings. The van der Waals surface area contributed by atoms with Crippen LogP contribution in [0, 0.1) is 11.8 Å². The molecule has 1 saturated heterocycles. The number of rotatable bonds is 6. The predicted octanol–water partition coefficient (Wildman–Crippen LogP) is 3.08. The van der Waals surface area contributed by atoms with E-state index in [0.717, 1.165) is 37.4 Å². The highest BCUT2D eigenvalue weighted by atomic mass is 16.5. The summed E-state index contributed by atoms with van der Waals surface area (Å²) < 4.78 is 5.77. The lowest BCUT2D eigenvalue weighted by Crippen LogP contribution is -2.21. The Morgan fingerprint density at radius 1 is 1.30 bits per heavy atom. The molecule has 1 atom stereocenters. The van der Waals surface area contributed by atoms with Crippen LogP contribution in [0.5, 0.6) is 5.88 Å². The number of hydrogen-bond acceptors (Lipinski definition) is 4. The fourth-order valence-corrected chi connectivity index (χ4v) is 2.90. The van der Waals surface area contributed by atoms with E-state index < -0.39 is 0 Å². The van der Waals surface area contributed by atoms with Gasteiger partial charge in [-0.3, -0.25) is 0 Å². The van der Waals surface area contributed by atoms with Crippen molar-refractivity contribution in [3.63, 3.8) is 0 Å². The third-order valence-electron chi connectivity index (χ3n) is 4.33. The second-order valence-electron chi connectivity index (χ2n) is 6.21. The Kier molecular flexibility index (Phi) is 3.99. The number of ether oxygens (including phenoxy) is 1. The third-order valence-corrected chi connectivity index (χ3v) is 4.33. The standard InChI is InChI=1S/C16H25N3O/c1-2-3-12-8-9-19(10-12)15-7-6-14(17)16(18-15)20-11-13-4-5-13/h6-7,12-13H,2-5,8-11,17H2,1H3. The second kappa shape index (κ2) is 5.90. The largest absolute Gasteiger partial charge is 0.476 e. The van der Waals surface area contributed by atoms with Crippen molar-refractivity contribution in [3.05, 3.63) is 12.1 Å². The Morgan fingerprint density at radius 3 is 2.90 bits per heavy atom. The monoisotopic (exact) mass is 275 g/mol. The summed E-state index contributed by atoms with van der Waals surface area (Å²) in [6.45, 7) is 5.24. The van der Waals surface area contributed by atoms with E-state index in [1.807, 2.05) is 12.1 Å². The number of anilines is 2. The Labute approximate surface area is 121 Å². The topological polar surface area (TPSA) is 51.4 Å². The lowest BCUT2D eigenvalue weighted by atomic mass is 10.0. The van der Waals surface area contributed by atoms with E-state index in [4.69, 9.17) is 10.5 Å². The van der Waals surface area contributed by atoms with Gasteiger partial charge in [0.2, 0.25) is 5.88 Å². The molecular weight excluding hydrogens is 250 g/mol. The molecule has 1 unspecified atom stereocenters. The van der Waals surface area contributed by atoms with E-state index in [2.05, 4.69) is 16.8 Å². The molecule has 4 heteroatoms. The smallest absolute Gasteiger partial charge is 0.239 e. The Bertz CT molecular complexity index is 459. The summed E-state index contributed by atoms with van der Waals surface area (Å²) in [6.07, 6.45) is 6.42. The first kappa shape index (κ1) is 13.5. The van der Waals surface area contributed by atoms with Crippen LogP contribution in [-0.4, -0.2) is 24.7 Å². The summed E-state index contributed by atoms with van der Waals surface area (Å²) in [5.41, 5.74) is 6.62. The van der Waals surface area contributed by atoms with Crippen LogP contribution in [0.25, 0.3) is 0 Å². The molecule has 1 aromatic heterocycles. The maximum Gasteiger partial charge on any atom is 0.239 e. The van der Waals surface area contributed by atoms with Crippen molar-refractivity contribution in [2.24, 2.45) is 11.8 Å². The van der Waals surface area contributed by atoms with Crippen LogP contribution < -0.4 is 15.4 Å². The molecule has 2 N–H and O–H groups in total. The summed E-state index contributed by atoms with van der Waals surface area (Å²) in [6, 6.07) is 3.95. The third kappa shape index (κ3) is 3.17. The molecule has 0 radical (unpaired) electrons. The van der Waals surface area contributed by atoms with Gasteiger partial charge in [0.05, 0.1) is 12.3 Å². The first-order chi connectivity index (χ1) is 9.76. The second-order valence-corrected chi connectivity index (χ2v) is 6.21. The van der Waals surface area contributed by atoms with Gasteiger partial charge in [-0.1, -0.05) is 13.3 Å². The molecular formula is C16H25N3O. The van der Waals surface area contributed by atoms with Gasteiger partial charge in [-0.15, -0.1) is 0 Å². The summed E-state index contributed by atoms with van der Waals surface area (Å²) in [5, 5.41) is 0. The lowest BCUT2D eigenvalue weighted by molar-refractivity contribution is 0.290. The molecule has 110 valence electrons. The molecule has 0 aromatic carbocycles. The number of nitrogens with two attached hydrogens (primary N) is 1. The number of nitrogens with zero attached hydrogens (tertiary/aromatic N) is 2. The van der Waals surface area contributed by atoms with Crippen molar-refractivity contribution in [1.82, 2.24) is 4.98 Å². The molecule has 20 heavy (non-hydrogen) atoms. The van der Waals surface area contributed by atoms with Crippen LogP contribution in [0.2, 0.25) is 0 Å². The van der Waals surface area contributed by atoms with Crippen molar-refractivity contribution in [2.75, 3.05) is 30.3 Å². The highest BCUT2D eigenvalue weighted by Gasteiger charge is 2.25. The quantitative estimate of drug-likeness (QED) is 0.867. The molecule has 0 amide bonds. The van der Waals surface area contributed by atoms with Crippen LogP contribution in [0.4, 0.5) is 11.5 Å². The summed E-state index contributed by atoms with van der Waals surface area (Å²) in [7, 11) is 0. The normalized spacial score (nSPS) is 22.2. The molecule has 1 aromatic rings. The van der Waals surface area contributed by atoms with E-state index in [9.17, 15) is 0 Å². The zero-order valence-electron chi connectivity index (χ0n) is 12.3.